The van der Waals surface area contributed by atoms with Crippen LogP contribution in [-0.4, -0.2) is 32.3 Å². The summed E-state index contributed by atoms with van der Waals surface area (Å²) in [6.45, 7) is 3.99. The number of anilines is 1. The van der Waals surface area contributed by atoms with E-state index in [1.165, 1.54) is 11.1 Å². The molecule has 1 aliphatic heterocycles. The monoisotopic (exact) mass is 495 g/mol. The number of rotatable bonds is 6. The standard InChI is InChI=1S/C28H26N4O2.C2H7N/c1-19-23(16-21-2-4-22(17-29)5-3-21)7-9-25-26(31-34-28(19)25)10-6-20-12-14-32(15-13-20)27-11-8-24(18-30)33-27;1-3-2/h2-5,7-9,11,20H,6,10,12-16H2,1H3;3H,1-2H3. The summed E-state index contributed by atoms with van der Waals surface area (Å²) in [6, 6.07) is 19.9. The van der Waals surface area contributed by atoms with Gasteiger partial charge in [0.15, 0.2) is 11.5 Å². The molecule has 0 aliphatic carbocycles. The number of nitrogens with zero attached hydrogens (tertiary/aromatic N) is 4. The van der Waals surface area contributed by atoms with E-state index in [-0.39, 0.29) is 0 Å². The van der Waals surface area contributed by atoms with Gasteiger partial charge in [-0.1, -0.05) is 23.4 Å². The van der Waals surface area contributed by atoms with Crippen LogP contribution >= 0.6 is 0 Å². The van der Waals surface area contributed by atoms with Gasteiger partial charge in [0.05, 0.1) is 17.3 Å². The number of piperidine rings is 1. The van der Waals surface area contributed by atoms with Gasteiger partial charge in [-0.2, -0.15) is 10.5 Å². The summed E-state index contributed by atoms with van der Waals surface area (Å²) >= 11 is 0. The molecule has 5 rings (SSSR count). The van der Waals surface area contributed by atoms with Gasteiger partial charge in [0.25, 0.3) is 0 Å². The number of nitriles is 2. The fraction of sp³-hybridized carbons (Fsp3) is 0.367. The first-order valence-corrected chi connectivity index (χ1v) is 12.7. The Kier molecular flexibility index (Phi) is 8.61. The molecule has 0 radical (unpaired) electrons. The van der Waals surface area contributed by atoms with E-state index in [1.807, 2.05) is 50.5 Å². The molecule has 0 unspecified atom stereocenters. The van der Waals surface area contributed by atoms with Gasteiger partial charge in [0.1, 0.15) is 6.07 Å². The first-order chi connectivity index (χ1) is 18.1. The van der Waals surface area contributed by atoms with Crippen LogP contribution in [0, 0.1) is 35.5 Å². The molecule has 7 nitrogen and oxygen atoms in total. The van der Waals surface area contributed by atoms with Crippen LogP contribution in [0.2, 0.25) is 0 Å². The summed E-state index contributed by atoms with van der Waals surface area (Å²) < 4.78 is 11.4. The van der Waals surface area contributed by atoms with Crippen molar-refractivity contribution in [1.82, 2.24) is 10.5 Å². The summed E-state index contributed by atoms with van der Waals surface area (Å²) in [5, 5.41) is 26.2. The Balaban J connectivity index is 0.00000102. The van der Waals surface area contributed by atoms with Gasteiger partial charge in [-0.15, -0.1) is 0 Å². The van der Waals surface area contributed by atoms with E-state index < -0.39 is 0 Å². The second-order valence-corrected chi connectivity index (χ2v) is 9.56. The van der Waals surface area contributed by atoms with Crippen molar-refractivity contribution < 1.29 is 8.94 Å². The van der Waals surface area contributed by atoms with Crippen LogP contribution < -0.4 is 10.2 Å². The molecule has 0 spiro atoms. The Labute approximate surface area is 218 Å². The average Bonchev–Trinajstić information content (AvgIpc) is 3.58. The zero-order chi connectivity index (χ0) is 26.2. The van der Waals surface area contributed by atoms with Crippen molar-refractivity contribution in [3.05, 3.63) is 82.2 Å². The van der Waals surface area contributed by atoms with Gasteiger partial charge < -0.3 is 19.2 Å². The lowest BCUT2D eigenvalue weighted by atomic mass is 9.91. The molecular formula is C30H33N5O2. The van der Waals surface area contributed by atoms with Crippen molar-refractivity contribution in [2.75, 3.05) is 32.1 Å². The van der Waals surface area contributed by atoms with E-state index in [2.05, 4.69) is 40.5 Å². The van der Waals surface area contributed by atoms with Crippen LogP contribution in [0.3, 0.4) is 0 Å². The normalized spacial score (nSPS) is 13.6. The molecule has 1 aliphatic rings. The Hall–Kier alpha value is -4.07. The predicted octanol–water partition coefficient (Wildman–Crippen LogP) is 5.75. The first-order valence-electron chi connectivity index (χ1n) is 12.7. The van der Waals surface area contributed by atoms with E-state index in [1.54, 1.807) is 6.07 Å². The number of nitrogens with one attached hydrogen (secondary N) is 1. The Morgan fingerprint density at radius 1 is 1.00 bits per heavy atom. The lowest BCUT2D eigenvalue weighted by Gasteiger charge is -2.31. The SMILES string of the molecule is CNC.Cc1c(Cc2ccc(C#N)cc2)ccc2c(CCC3CCN(c4ccc(C#N)o4)CC3)noc12. The minimum atomic E-state index is 0.366. The molecule has 2 aromatic carbocycles. The summed E-state index contributed by atoms with van der Waals surface area (Å²) in [5.74, 6) is 1.81. The highest BCUT2D eigenvalue weighted by Crippen LogP contribution is 2.30. The van der Waals surface area contributed by atoms with Crippen LogP contribution in [0.1, 0.15) is 53.0 Å². The van der Waals surface area contributed by atoms with Crippen molar-refractivity contribution in [3.63, 3.8) is 0 Å². The maximum Gasteiger partial charge on any atom is 0.206 e. The lowest BCUT2D eigenvalue weighted by Crippen LogP contribution is -2.33. The molecule has 0 atom stereocenters. The number of fused-ring (bicyclic) bond motifs is 1. The maximum atomic E-state index is 8.99. The highest BCUT2D eigenvalue weighted by molar-refractivity contribution is 5.83. The fourth-order valence-electron chi connectivity index (χ4n) is 4.86. The third-order valence-electron chi connectivity index (χ3n) is 6.97. The topological polar surface area (TPSA) is 102 Å². The number of benzene rings is 2. The Morgan fingerprint density at radius 3 is 2.38 bits per heavy atom. The van der Waals surface area contributed by atoms with Gasteiger partial charge in [-0.25, -0.2) is 0 Å². The molecular weight excluding hydrogens is 462 g/mol. The molecule has 37 heavy (non-hydrogen) atoms. The van der Waals surface area contributed by atoms with Crippen molar-refractivity contribution >= 4 is 16.9 Å². The van der Waals surface area contributed by atoms with E-state index in [9.17, 15) is 0 Å². The van der Waals surface area contributed by atoms with E-state index in [4.69, 9.17) is 19.5 Å². The van der Waals surface area contributed by atoms with Crippen molar-refractivity contribution in [3.8, 4) is 12.1 Å². The molecule has 2 aromatic heterocycles. The van der Waals surface area contributed by atoms with E-state index >= 15 is 0 Å². The van der Waals surface area contributed by atoms with Crippen molar-refractivity contribution in [2.45, 2.75) is 39.0 Å². The molecule has 190 valence electrons. The van der Waals surface area contributed by atoms with Crippen LogP contribution in [0.15, 0.2) is 57.5 Å². The van der Waals surface area contributed by atoms with Crippen LogP contribution in [-0.2, 0) is 12.8 Å². The van der Waals surface area contributed by atoms with Crippen LogP contribution in [0.4, 0.5) is 5.88 Å². The zero-order valence-electron chi connectivity index (χ0n) is 21.8. The van der Waals surface area contributed by atoms with Crippen LogP contribution in [0.25, 0.3) is 11.0 Å². The molecule has 1 saturated heterocycles. The maximum absolute atomic E-state index is 8.99. The number of hydrogen-bond donors (Lipinski definition) is 1. The third-order valence-corrected chi connectivity index (χ3v) is 6.97. The molecule has 7 heteroatoms. The number of hydrogen-bond acceptors (Lipinski definition) is 7. The molecule has 4 aromatic rings. The van der Waals surface area contributed by atoms with Gasteiger partial charge in [0.2, 0.25) is 5.76 Å². The zero-order valence-corrected chi connectivity index (χ0v) is 21.8. The Morgan fingerprint density at radius 2 is 1.73 bits per heavy atom. The number of furan rings is 1. The number of aryl methyl sites for hydroxylation is 2. The molecule has 1 fully saturated rings. The highest BCUT2D eigenvalue weighted by atomic mass is 16.5. The molecule has 0 saturated carbocycles. The highest BCUT2D eigenvalue weighted by Gasteiger charge is 2.22. The molecule has 0 amide bonds. The minimum Gasteiger partial charge on any atom is -0.430 e. The van der Waals surface area contributed by atoms with Crippen LogP contribution in [0.5, 0.6) is 0 Å². The fourth-order valence-corrected chi connectivity index (χ4v) is 4.86. The molecule has 3 heterocycles. The summed E-state index contributed by atoms with van der Waals surface area (Å²) in [6.07, 6.45) is 5.00. The van der Waals surface area contributed by atoms with E-state index in [0.717, 1.165) is 73.3 Å². The van der Waals surface area contributed by atoms with Gasteiger partial charge in [0, 0.05) is 24.5 Å². The quantitative estimate of drug-likeness (QED) is 0.363. The van der Waals surface area contributed by atoms with E-state index in [0.29, 0.717) is 17.2 Å². The average molecular weight is 496 g/mol. The lowest BCUT2D eigenvalue weighted by molar-refractivity contribution is 0.364. The van der Waals surface area contributed by atoms with Gasteiger partial charge in [-0.3, -0.25) is 0 Å². The summed E-state index contributed by atoms with van der Waals surface area (Å²) in [7, 11) is 3.75. The van der Waals surface area contributed by atoms with Crippen molar-refractivity contribution in [1.29, 1.82) is 10.5 Å². The summed E-state index contributed by atoms with van der Waals surface area (Å²) in [4.78, 5) is 2.22. The minimum absolute atomic E-state index is 0.366. The van der Waals surface area contributed by atoms with Gasteiger partial charge in [-0.05, 0) is 100.0 Å². The third kappa shape index (κ3) is 6.20. The predicted molar refractivity (Wildman–Crippen MR) is 144 cm³/mol. The first kappa shape index (κ1) is 26.0. The molecule has 0 bridgehead atoms. The number of aromatic nitrogens is 1. The largest absolute Gasteiger partial charge is 0.430 e. The van der Waals surface area contributed by atoms with Gasteiger partial charge >= 0.3 is 0 Å². The summed E-state index contributed by atoms with van der Waals surface area (Å²) in [5.41, 5.74) is 6.10. The smallest absolute Gasteiger partial charge is 0.206 e. The Bertz CT molecular complexity index is 1400. The second-order valence-electron chi connectivity index (χ2n) is 9.56. The van der Waals surface area contributed by atoms with Crippen molar-refractivity contribution in [2.24, 2.45) is 5.92 Å². The molecule has 1 N–H and O–H groups in total. The second kappa shape index (κ2) is 12.3.